The zero-order chi connectivity index (χ0) is 13.4. The van der Waals surface area contributed by atoms with Crippen LogP contribution in [0.25, 0.3) is 0 Å². The van der Waals surface area contributed by atoms with Crippen molar-refractivity contribution in [1.29, 1.82) is 0 Å². The molecule has 100 valence electrons. The summed E-state index contributed by atoms with van der Waals surface area (Å²) < 4.78 is 8.79. The minimum atomic E-state index is -0.494. The highest BCUT2D eigenvalue weighted by atomic mass is 79.9. The fourth-order valence-corrected chi connectivity index (χ4v) is 2.68. The maximum Gasteiger partial charge on any atom is 0.130 e. The van der Waals surface area contributed by atoms with Gasteiger partial charge in [0, 0.05) is 34.8 Å². The Labute approximate surface area is 120 Å². The standard InChI is InChI=1S/C14H15BrN2O2/c1-2-17-8-9(7-16-17)13-6-12(18)11-4-3-10(15)5-14(11)19-13/h3-5,7-8,12-13,18H,2,6H2,1H3/t12-,13?/m1/s1. The van der Waals surface area contributed by atoms with Crippen LogP contribution in [0.1, 0.15) is 36.7 Å². The Morgan fingerprint density at radius 3 is 3.11 bits per heavy atom. The number of nitrogens with zero attached hydrogens (tertiary/aromatic N) is 2. The van der Waals surface area contributed by atoms with Crippen molar-refractivity contribution >= 4 is 15.9 Å². The van der Waals surface area contributed by atoms with Crippen molar-refractivity contribution in [2.75, 3.05) is 0 Å². The van der Waals surface area contributed by atoms with Gasteiger partial charge in [-0.1, -0.05) is 22.0 Å². The number of halogens is 1. The predicted octanol–water partition coefficient (Wildman–Crippen LogP) is 3.22. The van der Waals surface area contributed by atoms with E-state index in [2.05, 4.69) is 21.0 Å². The average Bonchev–Trinajstić information content (AvgIpc) is 2.86. The highest BCUT2D eigenvalue weighted by molar-refractivity contribution is 9.10. The van der Waals surface area contributed by atoms with Crippen molar-refractivity contribution in [1.82, 2.24) is 9.78 Å². The monoisotopic (exact) mass is 322 g/mol. The van der Waals surface area contributed by atoms with Gasteiger partial charge in [0.1, 0.15) is 11.9 Å². The fraction of sp³-hybridized carbons (Fsp3) is 0.357. The van der Waals surface area contributed by atoms with Crippen LogP contribution in [0.4, 0.5) is 0 Å². The van der Waals surface area contributed by atoms with Gasteiger partial charge in [0.05, 0.1) is 12.3 Å². The molecule has 1 N–H and O–H groups in total. The van der Waals surface area contributed by atoms with Crippen molar-refractivity contribution in [2.45, 2.75) is 32.1 Å². The van der Waals surface area contributed by atoms with Gasteiger partial charge in [-0.25, -0.2) is 0 Å². The van der Waals surface area contributed by atoms with Crippen LogP contribution in [0.3, 0.4) is 0 Å². The molecular weight excluding hydrogens is 308 g/mol. The maximum atomic E-state index is 10.2. The van der Waals surface area contributed by atoms with Crippen molar-refractivity contribution in [3.05, 3.63) is 46.2 Å². The normalized spacial score (nSPS) is 21.8. The van der Waals surface area contributed by atoms with E-state index in [1.54, 1.807) is 0 Å². The summed E-state index contributed by atoms with van der Waals surface area (Å²) in [6.07, 6.45) is 3.71. The number of benzene rings is 1. The van der Waals surface area contributed by atoms with Gasteiger partial charge < -0.3 is 9.84 Å². The Bertz CT molecular complexity index is 597. The smallest absolute Gasteiger partial charge is 0.130 e. The molecule has 1 aliphatic heterocycles. The van der Waals surface area contributed by atoms with Crippen molar-refractivity contribution in [3.8, 4) is 5.75 Å². The molecule has 4 nitrogen and oxygen atoms in total. The Morgan fingerprint density at radius 1 is 1.53 bits per heavy atom. The predicted molar refractivity (Wildman–Crippen MR) is 75.0 cm³/mol. The first kappa shape index (κ1) is 12.7. The molecule has 0 saturated heterocycles. The molecule has 2 aromatic rings. The van der Waals surface area contributed by atoms with Crippen LogP contribution < -0.4 is 4.74 Å². The third-order valence-corrected chi connectivity index (χ3v) is 3.88. The van der Waals surface area contributed by atoms with Gasteiger partial charge in [-0.2, -0.15) is 5.10 Å². The summed E-state index contributed by atoms with van der Waals surface area (Å²) in [5.74, 6) is 0.738. The SMILES string of the molecule is CCn1cc(C2C[C@@H](O)c3ccc(Br)cc3O2)cn1. The summed E-state index contributed by atoms with van der Waals surface area (Å²) >= 11 is 3.42. The summed E-state index contributed by atoms with van der Waals surface area (Å²) in [6.45, 7) is 2.87. The van der Waals surface area contributed by atoms with Gasteiger partial charge >= 0.3 is 0 Å². The van der Waals surface area contributed by atoms with Crippen LogP contribution in [-0.2, 0) is 6.54 Å². The van der Waals surface area contributed by atoms with Gasteiger partial charge in [-0.3, -0.25) is 4.68 Å². The van der Waals surface area contributed by atoms with E-state index in [0.717, 1.165) is 27.9 Å². The van der Waals surface area contributed by atoms with E-state index in [-0.39, 0.29) is 6.10 Å². The van der Waals surface area contributed by atoms with Gasteiger partial charge in [-0.05, 0) is 19.1 Å². The lowest BCUT2D eigenvalue weighted by Crippen LogP contribution is -2.18. The minimum absolute atomic E-state index is 0.142. The summed E-state index contributed by atoms with van der Waals surface area (Å²) in [5, 5.41) is 14.5. The number of aromatic nitrogens is 2. The molecule has 19 heavy (non-hydrogen) atoms. The van der Waals surface area contributed by atoms with Gasteiger partial charge in [-0.15, -0.1) is 0 Å². The molecule has 0 bridgehead atoms. The Kier molecular flexibility index (Phi) is 3.33. The second-order valence-electron chi connectivity index (χ2n) is 4.67. The number of ether oxygens (including phenoxy) is 1. The van der Waals surface area contributed by atoms with E-state index in [1.807, 2.05) is 42.2 Å². The van der Waals surface area contributed by atoms with E-state index in [4.69, 9.17) is 4.74 Å². The molecule has 0 saturated carbocycles. The van der Waals surface area contributed by atoms with Gasteiger partial charge in [0.2, 0.25) is 0 Å². The molecule has 0 fully saturated rings. The molecule has 1 unspecified atom stereocenters. The lowest BCUT2D eigenvalue weighted by molar-refractivity contribution is 0.0656. The van der Waals surface area contributed by atoms with Crippen LogP contribution in [0, 0.1) is 0 Å². The van der Waals surface area contributed by atoms with E-state index >= 15 is 0 Å². The van der Waals surface area contributed by atoms with Crippen molar-refractivity contribution in [2.24, 2.45) is 0 Å². The number of hydrogen-bond donors (Lipinski definition) is 1. The lowest BCUT2D eigenvalue weighted by Gasteiger charge is -2.29. The van der Waals surface area contributed by atoms with E-state index < -0.39 is 6.10 Å². The zero-order valence-electron chi connectivity index (χ0n) is 10.6. The quantitative estimate of drug-likeness (QED) is 0.923. The number of rotatable bonds is 2. The van der Waals surface area contributed by atoms with Crippen molar-refractivity contribution < 1.29 is 9.84 Å². The highest BCUT2D eigenvalue weighted by Gasteiger charge is 2.28. The Hall–Kier alpha value is -1.33. The fourth-order valence-electron chi connectivity index (χ4n) is 2.34. The van der Waals surface area contributed by atoms with Gasteiger partial charge in [0.25, 0.3) is 0 Å². The zero-order valence-corrected chi connectivity index (χ0v) is 12.2. The van der Waals surface area contributed by atoms with E-state index in [0.29, 0.717) is 6.42 Å². The molecule has 1 aliphatic rings. The Balaban J connectivity index is 1.91. The minimum Gasteiger partial charge on any atom is -0.485 e. The lowest BCUT2D eigenvalue weighted by atomic mass is 9.96. The molecule has 0 spiro atoms. The molecule has 0 aliphatic carbocycles. The summed E-state index contributed by atoms with van der Waals surface area (Å²) in [6, 6.07) is 5.71. The largest absolute Gasteiger partial charge is 0.485 e. The third-order valence-electron chi connectivity index (χ3n) is 3.39. The molecule has 1 aromatic carbocycles. The number of aliphatic hydroxyl groups excluding tert-OH is 1. The molecule has 0 amide bonds. The van der Waals surface area contributed by atoms with Crippen molar-refractivity contribution in [3.63, 3.8) is 0 Å². The Morgan fingerprint density at radius 2 is 2.37 bits per heavy atom. The first-order valence-electron chi connectivity index (χ1n) is 6.34. The highest BCUT2D eigenvalue weighted by Crippen LogP contribution is 2.41. The topological polar surface area (TPSA) is 47.3 Å². The summed E-state index contributed by atoms with van der Waals surface area (Å²) in [7, 11) is 0. The second-order valence-corrected chi connectivity index (χ2v) is 5.59. The van der Waals surface area contributed by atoms with Crippen LogP contribution in [0.2, 0.25) is 0 Å². The summed E-state index contributed by atoms with van der Waals surface area (Å²) in [4.78, 5) is 0. The molecule has 2 atom stereocenters. The number of hydrogen-bond acceptors (Lipinski definition) is 3. The molecule has 2 heterocycles. The van der Waals surface area contributed by atoms with Crippen LogP contribution >= 0.6 is 15.9 Å². The number of aryl methyl sites for hydroxylation is 1. The number of fused-ring (bicyclic) bond motifs is 1. The first-order valence-corrected chi connectivity index (χ1v) is 7.13. The van der Waals surface area contributed by atoms with Crippen LogP contribution in [-0.4, -0.2) is 14.9 Å². The molecule has 5 heteroatoms. The van der Waals surface area contributed by atoms with E-state index in [1.165, 1.54) is 0 Å². The average molecular weight is 323 g/mol. The van der Waals surface area contributed by atoms with Gasteiger partial charge in [0.15, 0.2) is 0 Å². The van der Waals surface area contributed by atoms with E-state index in [9.17, 15) is 5.11 Å². The molecule has 0 radical (unpaired) electrons. The third kappa shape index (κ3) is 2.40. The molecule has 1 aromatic heterocycles. The summed E-state index contributed by atoms with van der Waals surface area (Å²) in [5.41, 5.74) is 1.86. The van der Waals surface area contributed by atoms with Crippen LogP contribution in [0.5, 0.6) is 5.75 Å². The number of aliphatic hydroxyl groups is 1. The van der Waals surface area contributed by atoms with Crippen LogP contribution in [0.15, 0.2) is 35.1 Å². The molecular formula is C14H15BrN2O2. The molecule has 3 rings (SSSR count). The second kappa shape index (κ2) is 4.98. The maximum absolute atomic E-state index is 10.2. The first-order chi connectivity index (χ1) is 9.17.